The zero-order valence-corrected chi connectivity index (χ0v) is 18.3. The largest absolute Gasteiger partial charge is 0.494 e. The highest BCUT2D eigenvalue weighted by Gasteiger charge is 2.25. The van der Waals surface area contributed by atoms with Gasteiger partial charge in [0.05, 0.1) is 35.6 Å². The number of hydrogen-bond donors (Lipinski definition) is 0. The third-order valence-electron chi connectivity index (χ3n) is 5.12. The topological polar surface area (TPSA) is 81.1 Å². The standard InChI is InChI=1S/C24H19N5O2S/c1-15-9-10-20(31-2)21-22(15)32-24(28-21)29(14-16-6-5-11-25-12-16)23(30)19-13-26-17-7-3-4-8-18(17)27-19/h3-13H,14H2,1-2H3. The van der Waals surface area contributed by atoms with Gasteiger partial charge in [0, 0.05) is 12.4 Å². The molecule has 1 amide bonds. The molecule has 0 radical (unpaired) electrons. The third-order valence-corrected chi connectivity index (χ3v) is 6.33. The summed E-state index contributed by atoms with van der Waals surface area (Å²) in [7, 11) is 1.62. The van der Waals surface area contributed by atoms with E-state index in [2.05, 4.69) is 15.0 Å². The van der Waals surface area contributed by atoms with Crippen LogP contribution in [0.25, 0.3) is 21.3 Å². The normalized spacial score (nSPS) is 11.1. The lowest BCUT2D eigenvalue weighted by Gasteiger charge is -2.19. The Balaban J connectivity index is 1.62. The smallest absolute Gasteiger partial charge is 0.280 e. The molecule has 5 rings (SSSR count). The molecule has 2 aromatic carbocycles. The molecule has 158 valence electrons. The minimum Gasteiger partial charge on any atom is -0.494 e. The summed E-state index contributed by atoms with van der Waals surface area (Å²) in [4.78, 5) is 33.2. The Morgan fingerprint density at radius 2 is 1.88 bits per heavy atom. The van der Waals surface area contributed by atoms with Crippen molar-refractivity contribution in [1.29, 1.82) is 0 Å². The van der Waals surface area contributed by atoms with Crippen LogP contribution < -0.4 is 9.64 Å². The predicted octanol–water partition coefficient (Wildman–Crippen LogP) is 4.80. The molecule has 0 bridgehead atoms. The Morgan fingerprint density at radius 1 is 1.03 bits per heavy atom. The minimum atomic E-state index is -0.275. The van der Waals surface area contributed by atoms with Crippen molar-refractivity contribution in [2.24, 2.45) is 0 Å². The van der Waals surface area contributed by atoms with Gasteiger partial charge in [-0.3, -0.25) is 19.7 Å². The molecule has 0 atom stereocenters. The van der Waals surface area contributed by atoms with E-state index in [-0.39, 0.29) is 11.6 Å². The molecule has 0 aliphatic carbocycles. The van der Waals surface area contributed by atoms with Gasteiger partial charge in [-0.2, -0.15) is 0 Å². The predicted molar refractivity (Wildman–Crippen MR) is 125 cm³/mol. The fourth-order valence-corrected chi connectivity index (χ4v) is 4.53. The van der Waals surface area contributed by atoms with Crippen LogP contribution in [0.1, 0.15) is 21.6 Å². The van der Waals surface area contributed by atoms with Gasteiger partial charge in [-0.25, -0.2) is 9.97 Å². The number of nitrogens with zero attached hydrogens (tertiary/aromatic N) is 5. The van der Waals surface area contributed by atoms with Crippen LogP contribution in [0.2, 0.25) is 0 Å². The number of amides is 1. The van der Waals surface area contributed by atoms with Gasteiger partial charge in [0.15, 0.2) is 5.13 Å². The van der Waals surface area contributed by atoms with Crippen molar-refractivity contribution in [2.45, 2.75) is 13.5 Å². The highest BCUT2D eigenvalue weighted by molar-refractivity contribution is 7.22. The van der Waals surface area contributed by atoms with Crippen LogP contribution in [0.15, 0.2) is 67.1 Å². The molecule has 0 aliphatic rings. The molecule has 3 heterocycles. The molecular weight excluding hydrogens is 422 g/mol. The maximum absolute atomic E-state index is 13.6. The number of pyridine rings is 1. The summed E-state index contributed by atoms with van der Waals surface area (Å²) in [6.45, 7) is 2.33. The summed E-state index contributed by atoms with van der Waals surface area (Å²) in [5.41, 5.74) is 4.36. The molecule has 0 aliphatic heterocycles. The number of ether oxygens (including phenoxy) is 1. The van der Waals surface area contributed by atoms with Crippen LogP contribution in [-0.2, 0) is 6.54 Å². The van der Waals surface area contributed by atoms with E-state index in [0.717, 1.165) is 26.9 Å². The van der Waals surface area contributed by atoms with E-state index in [1.54, 1.807) is 24.4 Å². The SMILES string of the molecule is COc1ccc(C)c2sc(N(Cc3cccnc3)C(=O)c3cnc4ccccc4n3)nc12. The molecule has 0 saturated heterocycles. The van der Waals surface area contributed by atoms with Gasteiger partial charge in [-0.15, -0.1) is 0 Å². The van der Waals surface area contributed by atoms with E-state index in [0.29, 0.717) is 22.9 Å². The Bertz CT molecular complexity index is 1430. The number of aryl methyl sites for hydroxylation is 1. The van der Waals surface area contributed by atoms with Gasteiger partial charge >= 0.3 is 0 Å². The molecule has 32 heavy (non-hydrogen) atoms. The maximum Gasteiger partial charge on any atom is 0.280 e. The molecule has 0 N–H and O–H groups in total. The van der Waals surface area contributed by atoms with Crippen molar-refractivity contribution in [3.05, 3.63) is 83.9 Å². The Kier molecular flexibility index (Phi) is 5.20. The number of carbonyl (C=O) groups excluding carboxylic acids is 1. The van der Waals surface area contributed by atoms with Crippen LogP contribution in [0.5, 0.6) is 5.75 Å². The Morgan fingerprint density at radius 3 is 2.66 bits per heavy atom. The zero-order chi connectivity index (χ0) is 22.1. The average Bonchev–Trinajstić information content (AvgIpc) is 3.29. The average molecular weight is 442 g/mol. The quantitative estimate of drug-likeness (QED) is 0.390. The number of benzene rings is 2. The summed E-state index contributed by atoms with van der Waals surface area (Å²) in [6.07, 6.45) is 4.96. The Labute approximate surface area is 188 Å². The number of aromatic nitrogens is 4. The van der Waals surface area contributed by atoms with Crippen molar-refractivity contribution in [1.82, 2.24) is 19.9 Å². The molecular formula is C24H19N5O2S. The van der Waals surface area contributed by atoms with Gasteiger partial charge in [-0.1, -0.05) is 35.6 Å². The van der Waals surface area contributed by atoms with Crippen molar-refractivity contribution < 1.29 is 9.53 Å². The minimum absolute atomic E-state index is 0.260. The van der Waals surface area contributed by atoms with Crippen LogP contribution in [0.3, 0.4) is 0 Å². The van der Waals surface area contributed by atoms with Gasteiger partial charge in [0.2, 0.25) is 0 Å². The first-order valence-corrected chi connectivity index (χ1v) is 10.8. The summed E-state index contributed by atoms with van der Waals surface area (Å²) >= 11 is 1.45. The summed E-state index contributed by atoms with van der Waals surface area (Å²) < 4.78 is 6.48. The number of rotatable bonds is 5. The van der Waals surface area contributed by atoms with E-state index in [1.807, 2.05) is 55.5 Å². The highest BCUT2D eigenvalue weighted by atomic mass is 32.1. The molecule has 3 aromatic heterocycles. The highest BCUT2D eigenvalue weighted by Crippen LogP contribution is 2.37. The van der Waals surface area contributed by atoms with Crippen LogP contribution in [-0.4, -0.2) is 33.0 Å². The lowest BCUT2D eigenvalue weighted by atomic mass is 10.2. The second kappa shape index (κ2) is 8.32. The van der Waals surface area contributed by atoms with Crippen LogP contribution >= 0.6 is 11.3 Å². The summed E-state index contributed by atoms with van der Waals surface area (Å²) in [6, 6.07) is 15.1. The second-order valence-electron chi connectivity index (χ2n) is 7.26. The van der Waals surface area contributed by atoms with E-state index in [1.165, 1.54) is 17.5 Å². The fourth-order valence-electron chi connectivity index (χ4n) is 3.48. The van der Waals surface area contributed by atoms with Crippen molar-refractivity contribution in [3.63, 3.8) is 0 Å². The maximum atomic E-state index is 13.6. The number of thiazole rings is 1. The number of methoxy groups -OCH3 is 1. The molecule has 8 heteroatoms. The van der Waals surface area contributed by atoms with Crippen LogP contribution in [0, 0.1) is 6.92 Å². The molecule has 0 fully saturated rings. The molecule has 7 nitrogen and oxygen atoms in total. The first kappa shape index (κ1) is 20.0. The molecule has 0 unspecified atom stereocenters. The number of fused-ring (bicyclic) bond motifs is 2. The first-order valence-electron chi connectivity index (χ1n) is 10.0. The van der Waals surface area contributed by atoms with Crippen molar-refractivity contribution in [2.75, 3.05) is 12.0 Å². The van der Waals surface area contributed by atoms with Gasteiger partial charge in [0.25, 0.3) is 5.91 Å². The second-order valence-corrected chi connectivity index (χ2v) is 8.23. The molecule has 0 saturated carbocycles. The molecule has 0 spiro atoms. The summed E-state index contributed by atoms with van der Waals surface area (Å²) in [5, 5.41) is 0.566. The van der Waals surface area contributed by atoms with E-state index < -0.39 is 0 Å². The van der Waals surface area contributed by atoms with Gasteiger partial charge in [-0.05, 0) is 42.3 Å². The van der Waals surface area contributed by atoms with Crippen molar-refractivity contribution >= 4 is 43.6 Å². The lowest BCUT2D eigenvalue weighted by molar-refractivity contribution is 0.0980. The number of anilines is 1. The zero-order valence-electron chi connectivity index (χ0n) is 17.5. The number of hydrogen-bond acceptors (Lipinski definition) is 7. The Hall–Kier alpha value is -3.91. The number of carbonyl (C=O) groups is 1. The van der Waals surface area contributed by atoms with Gasteiger partial charge in [0.1, 0.15) is 17.0 Å². The van der Waals surface area contributed by atoms with Gasteiger partial charge < -0.3 is 4.74 Å². The number of para-hydroxylation sites is 2. The summed E-state index contributed by atoms with van der Waals surface area (Å²) in [5.74, 6) is 0.398. The fraction of sp³-hybridized carbons (Fsp3) is 0.125. The van der Waals surface area contributed by atoms with Crippen LogP contribution in [0.4, 0.5) is 5.13 Å². The first-order chi connectivity index (χ1) is 15.6. The molecule has 5 aromatic rings. The monoisotopic (exact) mass is 441 g/mol. The third kappa shape index (κ3) is 3.65. The van der Waals surface area contributed by atoms with E-state index in [4.69, 9.17) is 9.72 Å². The van der Waals surface area contributed by atoms with Crippen molar-refractivity contribution in [3.8, 4) is 5.75 Å². The van der Waals surface area contributed by atoms with E-state index in [9.17, 15) is 4.79 Å². The lowest BCUT2D eigenvalue weighted by Crippen LogP contribution is -2.31. The van der Waals surface area contributed by atoms with E-state index >= 15 is 0 Å².